The molecule has 0 bridgehead atoms. The van der Waals surface area contributed by atoms with Gasteiger partial charge in [0, 0.05) is 10.0 Å². The summed E-state index contributed by atoms with van der Waals surface area (Å²) in [5.74, 6) is 0.337. The fourth-order valence-corrected chi connectivity index (χ4v) is 2.11. The van der Waals surface area contributed by atoms with Gasteiger partial charge in [0.1, 0.15) is 23.5 Å². The minimum atomic E-state index is -0.295. The maximum atomic E-state index is 13.0. The Hall–Kier alpha value is -1.82. The molecule has 0 atom stereocenters. The predicted molar refractivity (Wildman–Crippen MR) is 64.8 cm³/mol. The van der Waals surface area contributed by atoms with Crippen LogP contribution in [0.3, 0.4) is 0 Å². The van der Waals surface area contributed by atoms with Crippen molar-refractivity contribution in [2.75, 3.05) is 0 Å². The summed E-state index contributed by atoms with van der Waals surface area (Å²) in [6, 6.07) is 4.44. The summed E-state index contributed by atoms with van der Waals surface area (Å²) in [5, 5.41) is 0. The van der Waals surface area contributed by atoms with Crippen LogP contribution >= 0.6 is 15.9 Å². The number of hydrogen-bond donors (Lipinski definition) is 1. The first kappa shape index (κ1) is 10.3. The van der Waals surface area contributed by atoms with Crippen molar-refractivity contribution >= 4 is 27.1 Å². The predicted octanol–water partition coefficient (Wildman–Crippen LogP) is 2.92. The lowest BCUT2D eigenvalue weighted by Gasteiger charge is -1.99. The molecule has 3 rings (SSSR count). The average Bonchev–Trinajstić information content (AvgIpc) is 2.72. The SMILES string of the molecule is Fc1ccc(-c2nc3ncncc3[nH]2)c(Br)c1. The van der Waals surface area contributed by atoms with Crippen LogP contribution in [0.15, 0.2) is 35.2 Å². The number of fused-ring (bicyclic) bond motifs is 1. The largest absolute Gasteiger partial charge is 0.335 e. The third-order valence-electron chi connectivity index (χ3n) is 2.35. The molecule has 0 aliphatic rings. The van der Waals surface area contributed by atoms with Crippen molar-refractivity contribution in [2.24, 2.45) is 0 Å². The van der Waals surface area contributed by atoms with Crippen LogP contribution < -0.4 is 0 Å². The van der Waals surface area contributed by atoms with Gasteiger partial charge in [0.15, 0.2) is 5.65 Å². The molecule has 3 aromatic rings. The van der Waals surface area contributed by atoms with Gasteiger partial charge < -0.3 is 4.98 Å². The fraction of sp³-hybridized carbons (Fsp3) is 0. The van der Waals surface area contributed by atoms with Crippen LogP contribution in [-0.4, -0.2) is 19.9 Å². The van der Waals surface area contributed by atoms with Crippen molar-refractivity contribution in [3.05, 3.63) is 41.0 Å². The zero-order valence-electron chi connectivity index (χ0n) is 8.48. The van der Waals surface area contributed by atoms with E-state index >= 15 is 0 Å². The summed E-state index contributed by atoms with van der Waals surface area (Å²) in [6.07, 6.45) is 3.09. The quantitative estimate of drug-likeness (QED) is 0.750. The first-order valence-electron chi connectivity index (χ1n) is 4.85. The van der Waals surface area contributed by atoms with Gasteiger partial charge in [-0.1, -0.05) is 0 Å². The van der Waals surface area contributed by atoms with Gasteiger partial charge in [0.2, 0.25) is 0 Å². The normalized spacial score (nSPS) is 10.9. The van der Waals surface area contributed by atoms with E-state index in [0.29, 0.717) is 15.9 Å². The highest BCUT2D eigenvalue weighted by Crippen LogP contribution is 2.27. The molecule has 4 nitrogen and oxygen atoms in total. The summed E-state index contributed by atoms with van der Waals surface area (Å²) in [5.41, 5.74) is 2.12. The van der Waals surface area contributed by atoms with Crippen molar-refractivity contribution in [1.82, 2.24) is 19.9 Å². The van der Waals surface area contributed by atoms with E-state index in [4.69, 9.17) is 0 Å². The minimum absolute atomic E-state index is 0.295. The molecule has 0 unspecified atom stereocenters. The van der Waals surface area contributed by atoms with E-state index in [-0.39, 0.29) is 5.82 Å². The molecule has 0 saturated heterocycles. The molecule has 0 amide bonds. The molecule has 1 N–H and O–H groups in total. The maximum Gasteiger partial charge on any atom is 0.181 e. The van der Waals surface area contributed by atoms with Gasteiger partial charge in [-0.05, 0) is 34.1 Å². The Labute approximate surface area is 104 Å². The van der Waals surface area contributed by atoms with Crippen LogP contribution in [0.25, 0.3) is 22.6 Å². The van der Waals surface area contributed by atoms with Crippen LogP contribution in [-0.2, 0) is 0 Å². The van der Waals surface area contributed by atoms with Gasteiger partial charge in [-0.15, -0.1) is 0 Å². The van der Waals surface area contributed by atoms with Crippen LogP contribution in [0.5, 0.6) is 0 Å². The molecule has 84 valence electrons. The fourth-order valence-electron chi connectivity index (χ4n) is 1.57. The first-order valence-corrected chi connectivity index (χ1v) is 5.64. The molecule has 0 aliphatic carbocycles. The molecule has 0 aliphatic heterocycles. The number of benzene rings is 1. The van der Waals surface area contributed by atoms with E-state index < -0.39 is 0 Å². The number of nitrogens with zero attached hydrogens (tertiary/aromatic N) is 3. The number of aromatic amines is 1. The Morgan fingerprint density at radius 2 is 2.18 bits per heavy atom. The Kier molecular flexibility index (Phi) is 2.36. The zero-order chi connectivity index (χ0) is 11.8. The lowest BCUT2D eigenvalue weighted by molar-refractivity contribution is 0.627. The van der Waals surface area contributed by atoms with Crippen molar-refractivity contribution in [2.45, 2.75) is 0 Å². The van der Waals surface area contributed by atoms with E-state index in [0.717, 1.165) is 11.1 Å². The van der Waals surface area contributed by atoms with Gasteiger partial charge in [0.05, 0.1) is 6.20 Å². The van der Waals surface area contributed by atoms with Gasteiger partial charge in [0.25, 0.3) is 0 Å². The Morgan fingerprint density at radius 1 is 1.29 bits per heavy atom. The minimum Gasteiger partial charge on any atom is -0.335 e. The zero-order valence-corrected chi connectivity index (χ0v) is 10.1. The lowest BCUT2D eigenvalue weighted by Crippen LogP contribution is -1.84. The number of hydrogen-bond acceptors (Lipinski definition) is 3. The van der Waals surface area contributed by atoms with Crippen molar-refractivity contribution in [3.8, 4) is 11.4 Å². The second kappa shape index (κ2) is 3.89. The summed E-state index contributed by atoms with van der Waals surface area (Å²) in [6.45, 7) is 0. The highest BCUT2D eigenvalue weighted by Gasteiger charge is 2.09. The third kappa shape index (κ3) is 1.80. The molecular weight excluding hydrogens is 287 g/mol. The molecular formula is C11H6BrFN4. The van der Waals surface area contributed by atoms with E-state index in [1.165, 1.54) is 18.5 Å². The molecule has 17 heavy (non-hydrogen) atoms. The molecule has 6 heteroatoms. The molecule has 2 aromatic heterocycles. The van der Waals surface area contributed by atoms with E-state index in [1.54, 1.807) is 12.3 Å². The smallest absolute Gasteiger partial charge is 0.181 e. The van der Waals surface area contributed by atoms with E-state index in [2.05, 4.69) is 35.9 Å². The number of rotatable bonds is 1. The standard InChI is InChI=1S/C11H6BrFN4/c12-8-3-6(13)1-2-7(8)10-16-9-4-14-5-15-11(9)17-10/h1-5H,(H,14,15,16,17). The number of imidazole rings is 1. The Balaban J connectivity index is 2.20. The summed E-state index contributed by atoms with van der Waals surface area (Å²) >= 11 is 3.31. The third-order valence-corrected chi connectivity index (χ3v) is 3.00. The van der Waals surface area contributed by atoms with Crippen LogP contribution in [0.1, 0.15) is 0 Å². The number of nitrogens with one attached hydrogen (secondary N) is 1. The van der Waals surface area contributed by atoms with Crippen molar-refractivity contribution in [1.29, 1.82) is 0 Å². The summed E-state index contributed by atoms with van der Waals surface area (Å²) < 4.78 is 13.6. The van der Waals surface area contributed by atoms with Crippen molar-refractivity contribution < 1.29 is 4.39 Å². The van der Waals surface area contributed by atoms with Crippen LogP contribution in [0.2, 0.25) is 0 Å². The van der Waals surface area contributed by atoms with Gasteiger partial charge in [-0.3, -0.25) is 0 Å². The molecule has 0 radical (unpaired) electrons. The first-order chi connectivity index (χ1) is 8.24. The highest BCUT2D eigenvalue weighted by molar-refractivity contribution is 9.10. The summed E-state index contributed by atoms with van der Waals surface area (Å²) in [4.78, 5) is 15.3. The van der Waals surface area contributed by atoms with E-state index in [1.807, 2.05) is 0 Å². The number of halogens is 2. The molecule has 1 aromatic carbocycles. The highest BCUT2D eigenvalue weighted by atomic mass is 79.9. The maximum absolute atomic E-state index is 13.0. The van der Waals surface area contributed by atoms with Gasteiger partial charge in [-0.2, -0.15) is 0 Å². The monoisotopic (exact) mass is 292 g/mol. The number of H-pyrrole nitrogens is 1. The van der Waals surface area contributed by atoms with Crippen LogP contribution in [0.4, 0.5) is 4.39 Å². The van der Waals surface area contributed by atoms with Crippen molar-refractivity contribution in [3.63, 3.8) is 0 Å². The number of aromatic nitrogens is 4. The molecule has 2 heterocycles. The van der Waals surface area contributed by atoms with Crippen LogP contribution in [0, 0.1) is 5.82 Å². The Morgan fingerprint density at radius 3 is 2.94 bits per heavy atom. The topological polar surface area (TPSA) is 54.5 Å². The second-order valence-electron chi connectivity index (χ2n) is 3.47. The molecule has 0 saturated carbocycles. The van der Waals surface area contributed by atoms with E-state index in [9.17, 15) is 4.39 Å². The second-order valence-corrected chi connectivity index (χ2v) is 4.32. The summed E-state index contributed by atoms with van der Waals surface area (Å²) in [7, 11) is 0. The van der Waals surface area contributed by atoms with Gasteiger partial charge >= 0.3 is 0 Å². The lowest BCUT2D eigenvalue weighted by atomic mass is 10.2. The molecule has 0 spiro atoms. The Bertz CT molecular complexity index is 662. The average molecular weight is 293 g/mol. The molecule has 0 fully saturated rings. The van der Waals surface area contributed by atoms with Gasteiger partial charge in [-0.25, -0.2) is 19.3 Å².